The lowest BCUT2D eigenvalue weighted by Gasteiger charge is -2.05. The standard InChI is InChI=1S/C22H17S2.BrH/c1-4-10-18(11-5-1)19-16-22(23-17-19)24(20-12-6-2-7-13-20)21-14-8-3-9-15-21;/h1-17H;1H/q+1;/p-1. The van der Waals surface area contributed by atoms with Crippen molar-refractivity contribution in [1.29, 1.82) is 0 Å². The Morgan fingerprint density at radius 3 is 1.56 bits per heavy atom. The zero-order valence-electron chi connectivity index (χ0n) is 13.5. The van der Waals surface area contributed by atoms with Gasteiger partial charge in [0, 0.05) is 11.4 Å². The van der Waals surface area contributed by atoms with Gasteiger partial charge < -0.3 is 17.0 Å². The third kappa shape index (κ3) is 4.06. The van der Waals surface area contributed by atoms with Gasteiger partial charge in [0.2, 0.25) is 4.21 Å². The molecule has 1 heterocycles. The van der Waals surface area contributed by atoms with Crippen LogP contribution in [0.1, 0.15) is 0 Å². The van der Waals surface area contributed by atoms with Crippen LogP contribution < -0.4 is 17.0 Å². The SMILES string of the molecule is [Br-].c1ccc(-c2csc([S+](c3ccccc3)c3ccccc3)c2)cc1. The van der Waals surface area contributed by atoms with E-state index in [2.05, 4.69) is 102 Å². The highest BCUT2D eigenvalue weighted by Gasteiger charge is 2.30. The molecule has 3 heteroatoms. The molecular weight excluding hydrogens is 408 g/mol. The van der Waals surface area contributed by atoms with Gasteiger partial charge in [-0.3, -0.25) is 0 Å². The van der Waals surface area contributed by atoms with Crippen LogP contribution in [0.25, 0.3) is 11.1 Å². The second kappa shape index (κ2) is 8.52. The second-order valence-corrected chi connectivity index (χ2v) is 8.62. The molecule has 0 aliphatic carbocycles. The van der Waals surface area contributed by atoms with Crippen LogP contribution in [-0.4, -0.2) is 0 Å². The van der Waals surface area contributed by atoms with Gasteiger partial charge in [0.25, 0.3) is 0 Å². The first kappa shape index (κ1) is 18.0. The zero-order valence-corrected chi connectivity index (χ0v) is 16.7. The van der Waals surface area contributed by atoms with Crippen molar-refractivity contribution >= 4 is 22.2 Å². The number of halogens is 1. The van der Waals surface area contributed by atoms with Crippen molar-refractivity contribution in [2.24, 2.45) is 0 Å². The average molecular weight is 425 g/mol. The third-order valence-electron chi connectivity index (χ3n) is 3.84. The van der Waals surface area contributed by atoms with Crippen molar-refractivity contribution in [3.8, 4) is 11.1 Å². The van der Waals surface area contributed by atoms with Crippen LogP contribution in [-0.2, 0) is 10.9 Å². The van der Waals surface area contributed by atoms with Crippen LogP contribution in [0.3, 0.4) is 0 Å². The van der Waals surface area contributed by atoms with Gasteiger partial charge >= 0.3 is 0 Å². The molecule has 0 bridgehead atoms. The first-order valence-electron chi connectivity index (χ1n) is 7.90. The van der Waals surface area contributed by atoms with Gasteiger partial charge in [-0.1, -0.05) is 78.1 Å². The summed E-state index contributed by atoms with van der Waals surface area (Å²) >= 11 is 1.85. The topological polar surface area (TPSA) is 0 Å². The van der Waals surface area contributed by atoms with E-state index >= 15 is 0 Å². The molecule has 0 amide bonds. The monoisotopic (exact) mass is 424 g/mol. The van der Waals surface area contributed by atoms with E-state index in [1.807, 2.05) is 11.3 Å². The second-order valence-electron chi connectivity index (χ2n) is 5.45. The predicted molar refractivity (Wildman–Crippen MR) is 105 cm³/mol. The van der Waals surface area contributed by atoms with E-state index in [-0.39, 0.29) is 27.9 Å². The van der Waals surface area contributed by atoms with Gasteiger partial charge in [-0.05, 0) is 35.4 Å². The summed E-state index contributed by atoms with van der Waals surface area (Å²) in [5, 5.41) is 2.27. The molecule has 0 saturated heterocycles. The summed E-state index contributed by atoms with van der Waals surface area (Å²) < 4.78 is 1.41. The molecule has 0 aliphatic rings. The molecule has 0 N–H and O–H groups in total. The molecule has 0 radical (unpaired) electrons. The Kier molecular flexibility index (Phi) is 6.14. The zero-order chi connectivity index (χ0) is 16.2. The van der Waals surface area contributed by atoms with Gasteiger partial charge in [0.15, 0.2) is 9.79 Å². The van der Waals surface area contributed by atoms with Crippen molar-refractivity contribution in [2.45, 2.75) is 14.0 Å². The maximum Gasteiger partial charge on any atom is 0.220 e. The summed E-state index contributed by atoms with van der Waals surface area (Å²) in [6.45, 7) is 0. The molecule has 0 atom stereocenters. The molecule has 0 saturated carbocycles. The molecule has 4 aromatic rings. The highest BCUT2D eigenvalue weighted by Crippen LogP contribution is 2.37. The predicted octanol–water partition coefficient (Wildman–Crippen LogP) is 3.51. The molecule has 1 aromatic heterocycles. The van der Waals surface area contributed by atoms with Gasteiger partial charge in [-0.25, -0.2) is 0 Å². The van der Waals surface area contributed by atoms with Gasteiger partial charge in [-0.15, -0.1) is 0 Å². The summed E-state index contributed by atoms with van der Waals surface area (Å²) in [7, 11) is -0.0491. The van der Waals surface area contributed by atoms with Crippen LogP contribution in [0.5, 0.6) is 0 Å². The van der Waals surface area contributed by atoms with Gasteiger partial charge in [-0.2, -0.15) is 0 Å². The normalized spacial score (nSPS) is 10.4. The molecule has 124 valence electrons. The molecule has 0 nitrogen and oxygen atoms in total. The van der Waals surface area contributed by atoms with Crippen molar-refractivity contribution in [3.05, 3.63) is 102 Å². The summed E-state index contributed by atoms with van der Waals surface area (Å²) in [5.41, 5.74) is 2.59. The summed E-state index contributed by atoms with van der Waals surface area (Å²) in [6.07, 6.45) is 0. The lowest BCUT2D eigenvalue weighted by atomic mass is 10.1. The fourth-order valence-electron chi connectivity index (χ4n) is 2.69. The molecule has 3 aromatic carbocycles. The van der Waals surface area contributed by atoms with Crippen LogP contribution in [0.15, 0.2) is 116 Å². The molecule has 0 fully saturated rings. The average Bonchev–Trinajstić information content (AvgIpc) is 3.14. The Balaban J connectivity index is 0.00000182. The maximum atomic E-state index is 2.35. The first-order chi connectivity index (χ1) is 11.9. The molecule has 0 unspecified atom stereocenters. The minimum Gasteiger partial charge on any atom is -1.00 e. The van der Waals surface area contributed by atoms with Crippen molar-refractivity contribution in [2.75, 3.05) is 0 Å². The van der Waals surface area contributed by atoms with E-state index in [0.717, 1.165) is 0 Å². The first-order valence-corrected chi connectivity index (χ1v) is 10.0. The Morgan fingerprint density at radius 2 is 1.04 bits per heavy atom. The van der Waals surface area contributed by atoms with Gasteiger partial charge in [0.1, 0.15) is 10.9 Å². The third-order valence-corrected chi connectivity index (χ3v) is 7.36. The Labute approximate surface area is 166 Å². The molecule has 25 heavy (non-hydrogen) atoms. The Morgan fingerprint density at radius 1 is 0.560 bits per heavy atom. The highest BCUT2D eigenvalue weighted by molar-refractivity contribution is 7.98. The van der Waals surface area contributed by atoms with Crippen molar-refractivity contribution in [3.63, 3.8) is 0 Å². The lowest BCUT2D eigenvalue weighted by molar-refractivity contribution is -0.00000458. The molecule has 4 rings (SSSR count). The van der Waals surface area contributed by atoms with E-state index in [4.69, 9.17) is 0 Å². The number of hydrogen-bond acceptors (Lipinski definition) is 1. The van der Waals surface area contributed by atoms with E-state index in [9.17, 15) is 0 Å². The van der Waals surface area contributed by atoms with E-state index in [0.29, 0.717) is 0 Å². The Bertz CT molecular complexity index is 863. The van der Waals surface area contributed by atoms with Crippen LogP contribution >= 0.6 is 11.3 Å². The fourth-order valence-corrected chi connectivity index (χ4v) is 6.28. The van der Waals surface area contributed by atoms with Crippen LogP contribution in [0, 0.1) is 0 Å². The number of benzene rings is 3. The summed E-state index contributed by atoms with van der Waals surface area (Å²) in [4.78, 5) is 2.73. The lowest BCUT2D eigenvalue weighted by Crippen LogP contribution is -3.00. The molecule has 0 spiro atoms. The molecule has 0 aliphatic heterocycles. The Hall–Kier alpha value is -1.81. The summed E-state index contributed by atoms with van der Waals surface area (Å²) in [6, 6.07) is 34.6. The minimum absolute atomic E-state index is 0. The highest BCUT2D eigenvalue weighted by atomic mass is 79.9. The van der Waals surface area contributed by atoms with Crippen LogP contribution in [0.2, 0.25) is 0 Å². The number of thiophene rings is 1. The quantitative estimate of drug-likeness (QED) is 0.439. The molecular formula is C22H17BrS2. The van der Waals surface area contributed by atoms with E-state index in [1.54, 1.807) is 0 Å². The van der Waals surface area contributed by atoms with Crippen molar-refractivity contribution < 1.29 is 17.0 Å². The summed E-state index contributed by atoms with van der Waals surface area (Å²) in [5.74, 6) is 0. The van der Waals surface area contributed by atoms with Crippen LogP contribution in [0.4, 0.5) is 0 Å². The van der Waals surface area contributed by atoms with E-state index in [1.165, 1.54) is 25.1 Å². The fraction of sp³-hybridized carbons (Fsp3) is 0. The maximum absolute atomic E-state index is 2.35. The smallest absolute Gasteiger partial charge is 0.220 e. The number of rotatable bonds is 4. The van der Waals surface area contributed by atoms with E-state index < -0.39 is 0 Å². The number of hydrogen-bond donors (Lipinski definition) is 0. The van der Waals surface area contributed by atoms with Crippen molar-refractivity contribution in [1.82, 2.24) is 0 Å². The van der Waals surface area contributed by atoms with Gasteiger partial charge in [0.05, 0.1) is 0 Å². The minimum atomic E-state index is -0.0491. The largest absolute Gasteiger partial charge is 1.00 e.